The summed E-state index contributed by atoms with van der Waals surface area (Å²) >= 11 is 12.4. The fourth-order valence-electron chi connectivity index (χ4n) is 2.80. The molecule has 2 aromatic heterocycles. The maximum Gasteiger partial charge on any atom is 0.166 e. The lowest BCUT2D eigenvalue weighted by Gasteiger charge is -2.23. The molecule has 126 valence electrons. The van der Waals surface area contributed by atoms with Crippen LogP contribution in [0.2, 0.25) is 10.2 Å². The van der Waals surface area contributed by atoms with E-state index in [2.05, 4.69) is 4.98 Å². The number of aromatic nitrogens is 3. The summed E-state index contributed by atoms with van der Waals surface area (Å²) in [5.74, 6) is 0.119. The highest BCUT2D eigenvalue weighted by molar-refractivity contribution is 6.37. The largest absolute Gasteiger partial charge is 0.216 e. The molecular weight excluding hydrogens is 348 g/mol. The monoisotopic (exact) mass is 365 g/mol. The third-order valence-electron chi connectivity index (χ3n) is 4.15. The zero-order chi connectivity index (χ0) is 17.3. The summed E-state index contributed by atoms with van der Waals surface area (Å²) in [7, 11) is 0. The Balaban J connectivity index is 0.000000815. The number of nitrogens with zero attached hydrogens (tertiary/aromatic N) is 3. The summed E-state index contributed by atoms with van der Waals surface area (Å²) in [6, 6.07) is 7.78. The Morgan fingerprint density at radius 2 is 1.79 bits per heavy atom. The first-order valence-electron chi connectivity index (χ1n) is 8.14. The van der Waals surface area contributed by atoms with Crippen molar-refractivity contribution in [3.05, 3.63) is 52.0 Å². The Bertz CT molecular complexity index is 855. The Morgan fingerprint density at radius 3 is 2.38 bits per heavy atom. The van der Waals surface area contributed by atoms with Gasteiger partial charge in [0.2, 0.25) is 0 Å². The minimum atomic E-state index is -0.288. The van der Waals surface area contributed by atoms with Gasteiger partial charge in [-0.15, -0.1) is 0 Å². The van der Waals surface area contributed by atoms with E-state index >= 15 is 0 Å². The molecule has 1 aromatic carbocycles. The van der Waals surface area contributed by atoms with Crippen LogP contribution in [0.4, 0.5) is 4.39 Å². The van der Waals surface area contributed by atoms with E-state index in [0.717, 1.165) is 29.6 Å². The summed E-state index contributed by atoms with van der Waals surface area (Å²) in [5, 5.41) is 6.43. The topological polar surface area (TPSA) is 30.7 Å². The van der Waals surface area contributed by atoms with Gasteiger partial charge < -0.3 is 0 Å². The lowest BCUT2D eigenvalue weighted by Crippen LogP contribution is -2.10. The first kappa shape index (κ1) is 17.2. The van der Waals surface area contributed by atoms with Crippen LogP contribution >= 0.6 is 23.2 Å². The molecule has 4 rings (SSSR count). The molecule has 1 aliphatic rings. The van der Waals surface area contributed by atoms with E-state index in [1.807, 2.05) is 13.8 Å². The van der Waals surface area contributed by atoms with Gasteiger partial charge in [-0.25, -0.2) is 14.1 Å². The molecule has 3 nitrogen and oxygen atoms in total. The van der Waals surface area contributed by atoms with Crippen molar-refractivity contribution in [3.8, 4) is 5.69 Å². The number of benzene rings is 1. The van der Waals surface area contributed by atoms with E-state index in [1.54, 1.807) is 22.9 Å². The zero-order valence-electron chi connectivity index (χ0n) is 13.6. The van der Waals surface area contributed by atoms with Gasteiger partial charge in [0.15, 0.2) is 5.65 Å². The molecule has 1 fully saturated rings. The van der Waals surface area contributed by atoms with Crippen LogP contribution in [0.25, 0.3) is 16.7 Å². The highest BCUT2D eigenvalue weighted by atomic mass is 35.5. The summed E-state index contributed by atoms with van der Waals surface area (Å²) in [6.07, 6.45) is 3.41. The molecule has 0 spiro atoms. The van der Waals surface area contributed by atoms with Crippen LogP contribution < -0.4 is 0 Å². The van der Waals surface area contributed by atoms with Crippen molar-refractivity contribution < 1.29 is 4.39 Å². The van der Waals surface area contributed by atoms with Crippen LogP contribution in [0, 0.1) is 5.82 Å². The van der Waals surface area contributed by atoms with Gasteiger partial charge in [0.05, 0.1) is 21.8 Å². The SMILES string of the molecule is CC.Fc1ccc(-n2nc(C3CCC3)c3c(Cl)cc(Cl)nc32)cc1. The fraction of sp³-hybridized carbons (Fsp3) is 0.333. The molecule has 6 heteroatoms. The highest BCUT2D eigenvalue weighted by Crippen LogP contribution is 2.41. The van der Waals surface area contributed by atoms with Crippen molar-refractivity contribution in [1.82, 2.24) is 14.8 Å². The Hall–Kier alpha value is -1.65. The lowest BCUT2D eigenvalue weighted by molar-refractivity contribution is 0.411. The minimum Gasteiger partial charge on any atom is -0.216 e. The summed E-state index contributed by atoms with van der Waals surface area (Å²) in [4.78, 5) is 4.38. The van der Waals surface area contributed by atoms with Crippen molar-refractivity contribution in [2.75, 3.05) is 0 Å². The van der Waals surface area contributed by atoms with Crippen LogP contribution in [-0.4, -0.2) is 14.8 Å². The van der Waals surface area contributed by atoms with E-state index in [-0.39, 0.29) is 5.82 Å². The van der Waals surface area contributed by atoms with Crippen molar-refractivity contribution in [2.45, 2.75) is 39.0 Å². The number of pyridine rings is 1. The molecular formula is C18H18Cl2FN3. The first-order chi connectivity index (χ1) is 11.6. The maximum atomic E-state index is 13.2. The van der Waals surface area contributed by atoms with Gasteiger partial charge in [-0.2, -0.15) is 5.10 Å². The van der Waals surface area contributed by atoms with Gasteiger partial charge >= 0.3 is 0 Å². The Labute approximate surface area is 150 Å². The molecule has 0 radical (unpaired) electrons. The third kappa shape index (κ3) is 3.01. The molecule has 0 amide bonds. The predicted octanol–water partition coefficient (Wildman–Crippen LogP) is 6.16. The second-order valence-corrected chi connectivity index (χ2v) is 6.32. The number of rotatable bonds is 2. The molecule has 0 bridgehead atoms. The average molecular weight is 366 g/mol. The Morgan fingerprint density at radius 1 is 1.12 bits per heavy atom. The van der Waals surface area contributed by atoms with E-state index in [1.165, 1.54) is 18.6 Å². The quantitative estimate of drug-likeness (QED) is 0.509. The number of hydrogen-bond acceptors (Lipinski definition) is 2. The van der Waals surface area contributed by atoms with Crippen LogP contribution in [0.15, 0.2) is 30.3 Å². The molecule has 0 unspecified atom stereocenters. The molecule has 1 aliphatic carbocycles. The van der Waals surface area contributed by atoms with Crippen molar-refractivity contribution in [1.29, 1.82) is 0 Å². The van der Waals surface area contributed by atoms with E-state index in [9.17, 15) is 4.39 Å². The molecule has 24 heavy (non-hydrogen) atoms. The third-order valence-corrected chi connectivity index (χ3v) is 4.64. The lowest BCUT2D eigenvalue weighted by atomic mass is 9.82. The summed E-state index contributed by atoms with van der Waals surface area (Å²) < 4.78 is 14.8. The molecule has 3 aromatic rings. The normalized spacial score (nSPS) is 14.2. The average Bonchev–Trinajstić information content (AvgIpc) is 2.88. The van der Waals surface area contributed by atoms with Crippen LogP contribution in [-0.2, 0) is 0 Å². The van der Waals surface area contributed by atoms with Gasteiger partial charge in [-0.05, 0) is 43.2 Å². The molecule has 1 saturated carbocycles. The van der Waals surface area contributed by atoms with E-state index in [4.69, 9.17) is 28.3 Å². The van der Waals surface area contributed by atoms with Gasteiger partial charge in [-0.3, -0.25) is 0 Å². The molecule has 0 saturated heterocycles. The summed E-state index contributed by atoms with van der Waals surface area (Å²) in [6.45, 7) is 4.00. The molecule has 0 atom stereocenters. The molecule has 0 aliphatic heterocycles. The van der Waals surface area contributed by atoms with Crippen molar-refractivity contribution >= 4 is 34.2 Å². The second-order valence-electron chi connectivity index (χ2n) is 5.53. The van der Waals surface area contributed by atoms with Gasteiger partial charge in [0.1, 0.15) is 11.0 Å². The first-order valence-corrected chi connectivity index (χ1v) is 8.89. The highest BCUT2D eigenvalue weighted by Gasteiger charge is 2.27. The van der Waals surface area contributed by atoms with Crippen molar-refractivity contribution in [2.24, 2.45) is 0 Å². The number of hydrogen-bond donors (Lipinski definition) is 0. The van der Waals surface area contributed by atoms with Crippen molar-refractivity contribution in [3.63, 3.8) is 0 Å². The summed E-state index contributed by atoms with van der Waals surface area (Å²) in [5.41, 5.74) is 2.31. The fourth-order valence-corrected chi connectivity index (χ4v) is 3.33. The minimum absolute atomic E-state index is 0.288. The van der Waals surface area contributed by atoms with Crippen LogP contribution in [0.1, 0.15) is 44.7 Å². The predicted molar refractivity (Wildman–Crippen MR) is 96.8 cm³/mol. The van der Waals surface area contributed by atoms with Gasteiger partial charge in [-0.1, -0.05) is 43.5 Å². The number of fused-ring (bicyclic) bond motifs is 1. The molecule has 0 N–H and O–H groups in total. The molecule has 2 heterocycles. The maximum absolute atomic E-state index is 13.2. The smallest absolute Gasteiger partial charge is 0.166 e. The van der Waals surface area contributed by atoms with E-state index < -0.39 is 0 Å². The van der Waals surface area contributed by atoms with Gasteiger partial charge in [0, 0.05) is 5.92 Å². The number of halogens is 3. The second kappa shape index (κ2) is 7.08. The standard InChI is InChI=1S/C16H12Cl2FN3.C2H6/c17-12-8-13(18)20-16-14(12)15(9-2-1-3-9)21-22(16)11-6-4-10(19)5-7-11;1-2/h4-9H,1-3H2;1-2H3. The van der Waals surface area contributed by atoms with Crippen LogP contribution in [0.3, 0.4) is 0 Å². The van der Waals surface area contributed by atoms with Gasteiger partial charge in [0.25, 0.3) is 0 Å². The Kier molecular flexibility index (Phi) is 5.07. The van der Waals surface area contributed by atoms with Crippen LogP contribution in [0.5, 0.6) is 0 Å². The van der Waals surface area contributed by atoms with E-state index in [0.29, 0.717) is 21.7 Å². The zero-order valence-corrected chi connectivity index (χ0v) is 15.1.